The second-order valence-corrected chi connectivity index (χ2v) is 3.19. The minimum Gasteiger partial charge on any atom is -0.464 e. The number of para-hydroxylation sites is 1. The lowest BCUT2D eigenvalue weighted by Crippen LogP contribution is -2.07. The number of rotatable bonds is 1. The Kier molecular flexibility index (Phi) is 2.55. The first-order valence-electron chi connectivity index (χ1n) is 4.72. The molecule has 0 saturated heterocycles. The van der Waals surface area contributed by atoms with Crippen molar-refractivity contribution in [1.29, 1.82) is 0 Å². The van der Waals surface area contributed by atoms with E-state index in [4.69, 9.17) is 4.42 Å². The van der Waals surface area contributed by atoms with E-state index in [9.17, 15) is 4.79 Å². The monoisotopic (exact) mass is 198 g/mol. The van der Waals surface area contributed by atoms with Crippen LogP contribution in [0.15, 0.2) is 39.7 Å². The van der Waals surface area contributed by atoms with Gasteiger partial charge in [0.05, 0.1) is 11.6 Å². The third-order valence-electron chi connectivity index (χ3n) is 2.21. The van der Waals surface area contributed by atoms with Gasteiger partial charge in [0.2, 0.25) is 0 Å². The van der Waals surface area contributed by atoms with Crippen molar-refractivity contribution in [2.24, 2.45) is 0 Å². The first-order valence-corrected chi connectivity index (χ1v) is 4.72. The lowest BCUT2D eigenvalue weighted by molar-refractivity contribution is 0.595. The zero-order valence-electron chi connectivity index (χ0n) is 8.41. The van der Waals surface area contributed by atoms with Crippen molar-refractivity contribution in [2.75, 3.05) is 0 Å². The molecule has 0 radical (unpaired) electrons. The van der Waals surface area contributed by atoms with Gasteiger partial charge in [-0.1, -0.05) is 18.1 Å². The molecule has 2 rings (SSSR count). The van der Waals surface area contributed by atoms with E-state index in [-0.39, 0.29) is 5.43 Å². The fraction of sp³-hybridized carbons (Fsp3) is 0.154. The van der Waals surface area contributed by atoms with Gasteiger partial charge in [0.15, 0.2) is 5.43 Å². The second kappa shape index (κ2) is 4.02. The van der Waals surface area contributed by atoms with Crippen molar-refractivity contribution in [3.8, 4) is 11.8 Å². The molecule has 0 spiro atoms. The number of benzene rings is 1. The summed E-state index contributed by atoms with van der Waals surface area (Å²) in [7, 11) is 0. The Bertz CT molecular complexity index is 597. The summed E-state index contributed by atoms with van der Waals surface area (Å²) in [5.74, 6) is 5.62. The fourth-order valence-electron chi connectivity index (χ4n) is 1.42. The molecule has 0 amide bonds. The van der Waals surface area contributed by atoms with Gasteiger partial charge >= 0.3 is 0 Å². The maximum atomic E-state index is 11.9. The highest BCUT2D eigenvalue weighted by molar-refractivity contribution is 5.76. The normalized spacial score (nSPS) is 9.67. The molecular formula is C13H10O2. The molecule has 0 saturated carbocycles. The SMILES string of the molecule is CC#CCc1coc2ccccc2c1=O. The second-order valence-electron chi connectivity index (χ2n) is 3.19. The molecule has 0 aliphatic carbocycles. The van der Waals surface area contributed by atoms with Crippen LogP contribution in [0.2, 0.25) is 0 Å². The van der Waals surface area contributed by atoms with Gasteiger partial charge in [0.1, 0.15) is 5.58 Å². The predicted octanol–water partition coefficient (Wildman–Crippen LogP) is 2.36. The largest absolute Gasteiger partial charge is 0.464 e. The molecule has 2 aromatic rings. The topological polar surface area (TPSA) is 30.2 Å². The molecule has 15 heavy (non-hydrogen) atoms. The summed E-state index contributed by atoms with van der Waals surface area (Å²) in [4.78, 5) is 11.9. The highest BCUT2D eigenvalue weighted by atomic mass is 16.3. The van der Waals surface area contributed by atoms with E-state index in [1.165, 1.54) is 6.26 Å². The van der Waals surface area contributed by atoms with Crippen LogP contribution >= 0.6 is 0 Å². The zero-order valence-corrected chi connectivity index (χ0v) is 8.41. The summed E-state index contributed by atoms with van der Waals surface area (Å²) in [5, 5.41) is 0.618. The third-order valence-corrected chi connectivity index (χ3v) is 2.21. The molecule has 0 N–H and O–H groups in total. The van der Waals surface area contributed by atoms with E-state index in [1.54, 1.807) is 19.1 Å². The minimum atomic E-state index is 0.0135. The Hall–Kier alpha value is -2.01. The minimum absolute atomic E-state index is 0.0135. The third kappa shape index (κ3) is 1.77. The summed E-state index contributed by atoms with van der Waals surface area (Å²) < 4.78 is 5.35. The Morgan fingerprint density at radius 2 is 2.13 bits per heavy atom. The Morgan fingerprint density at radius 1 is 1.33 bits per heavy atom. The van der Waals surface area contributed by atoms with Gasteiger partial charge in [-0.15, -0.1) is 5.92 Å². The van der Waals surface area contributed by atoms with Gasteiger partial charge < -0.3 is 4.42 Å². The van der Waals surface area contributed by atoms with E-state index >= 15 is 0 Å². The van der Waals surface area contributed by atoms with Gasteiger partial charge in [-0.2, -0.15) is 0 Å². The maximum absolute atomic E-state index is 11.9. The van der Waals surface area contributed by atoms with Crippen molar-refractivity contribution >= 4 is 11.0 Å². The van der Waals surface area contributed by atoms with E-state index in [0.717, 1.165) is 0 Å². The summed E-state index contributed by atoms with van der Waals surface area (Å²) in [5.41, 5.74) is 1.25. The molecule has 2 heteroatoms. The summed E-state index contributed by atoms with van der Waals surface area (Å²) >= 11 is 0. The van der Waals surface area contributed by atoms with E-state index in [2.05, 4.69) is 11.8 Å². The fourth-order valence-corrected chi connectivity index (χ4v) is 1.42. The van der Waals surface area contributed by atoms with Crippen LogP contribution in [0.25, 0.3) is 11.0 Å². The van der Waals surface area contributed by atoms with Crippen molar-refractivity contribution < 1.29 is 4.42 Å². The molecular weight excluding hydrogens is 188 g/mol. The highest BCUT2D eigenvalue weighted by Gasteiger charge is 2.04. The van der Waals surface area contributed by atoms with Gasteiger partial charge in [-0.3, -0.25) is 4.79 Å². The Morgan fingerprint density at radius 3 is 2.93 bits per heavy atom. The van der Waals surface area contributed by atoms with Gasteiger partial charge in [-0.05, 0) is 19.1 Å². The molecule has 0 bridgehead atoms. The van der Waals surface area contributed by atoms with Crippen LogP contribution in [-0.2, 0) is 6.42 Å². The first-order chi connectivity index (χ1) is 7.33. The van der Waals surface area contributed by atoms with Gasteiger partial charge in [0.25, 0.3) is 0 Å². The summed E-state index contributed by atoms with van der Waals surface area (Å²) in [6, 6.07) is 7.22. The van der Waals surface area contributed by atoms with Crippen LogP contribution in [0.1, 0.15) is 12.5 Å². The van der Waals surface area contributed by atoms with Crippen molar-refractivity contribution in [3.05, 3.63) is 46.3 Å². The lowest BCUT2D eigenvalue weighted by Gasteiger charge is -1.97. The van der Waals surface area contributed by atoms with Crippen molar-refractivity contribution in [3.63, 3.8) is 0 Å². The van der Waals surface area contributed by atoms with E-state index in [0.29, 0.717) is 23.0 Å². The molecule has 1 aromatic carbocycles. The Labute approximate surface area is 87.5 Å². The standard InChI is InChI=1S/C13H10O2/c1-2-3-6-10-9-15-12-8-5-4-7-11(12)13(10)14/h4-5,7-9H,6H2,1H3. The summed E-state index contributed by atoms with van der Waals surface area (Å²) in [6.07, 6.45) is 1.94. The summed E-state index contributed by atoms with van der Waals surface area (Å²) in [6.45, 7) is 1.75. The molecule has 2 nitrogen and oxygen atoms in total. The molecule has 0 unspecified atom stereocenters. The molecule has 1 aromatic heterocycles. The molecule has 0 fully saturated rings. The lowest BCUT2D eigenvalue weighted by atomic mass is 10.1. The average molecular weight is 198 g/mol. The van der Waals surface area contributed by atoms with Crippen LogP contribution in [0.3, 0.4) is 0 Å². The number of hydrogen-bond donors (Lipinski definition) is 0. The van der Waals surface area contributed by atoms with Crippen LogP contribution in [-0.4, -0.2) is 0 Å². The van der Waals surface area contributed by atoms with Crippen molar-refractivity contribution in [2.45, 2.75) is 13.3 Å². The van der Waals surface area contributed by atoms with Crippen LogP contribution < -0.4 is 5.43 Å². The molecule has 1 heterocycles. The van der Waals surface area contributed by atoms with Crippen LogP contribution in [0, 0.1) is 11.8 Å². The molecule has 0 aliphatic rings. The Balaban J connectivity index is 2.63. The van der Waals surface area contributed by atoms with Crippen LogP contribution in [0.5, 0.6) is 0 Å². The first kappa shape index (κ1) is 9.54. The maximum Gasteiger partial charge on any atom is 0.196 e. The number of hydrogen-bond acceptors (Lipinski definition) is 2. The average Bonchev–Trinajstić information content (AvgIpc) is 2.29. The molecule has 0 aliphatic heterocycles. The van der Waals surface area contributed by atoms with Crippen molar-refractivity contribution in [1.82, 2.24) is 0 Å². The predicted molar refractivity (Wildman–Crippen MR) is 59.6 cm³/mol. The van der Waals surface area contributed by atoms with Gasteiger partial charge in [0, 0.05) is 12.0 Å². The van der Waals surface area contributed by atoms with E-state index < -0.39 is 0 Å². The number of fused-ring (bicyclic) bond motifs is 1. The van der Waals surface area contributed by atoms with Gasteiger partial charge in [-0.25, -0.2) is 0 Å². The highest BCUT2D eigenvalue weighted by Crippen LogP contribution is 2.10. The smallest absolute Gasteiger partial charge is 0.196 e. The van der Waals surface area contributed by atoms with Crippen LogP contribution in [0.4, 0.5) is 0 Å². The zero-order chi connectivity index (χ0) is 10.7. The van der Waals surface area contributed by atoms with E-state index in [1.807, 2.05) is 12.1 Å². The molecule has 74 valence electrons. The quantitative estimate of drug-likeness (QED) is 0.658. The molecule has 0 atom stereocenters.